The summed E-state index contributed by atoms with van der Waals surface area (Å²) in [6, 6.07) is 9.49. The molecule has 4 heteroatoms. The normalized spacial score (nSPS) is 15.7. The number of anilines is 1. The Morgan fingerprint density at radius 3 is 2.84 bits per heavy atom. The summed E-state index contributed by atoms with van der Waals surface area (Å²) >= 11 is 0. The van der Waals surface area contributed by atoms with Crippen molar-refractivity contribution in [2.24, 2.45) is 0 Å². The molecule has 1 aromatic heterocycles. The molecule has 2 heterocycles. The van der Waals surface area contributed by atoms with E-state index in [1.807, 2.05) is 43.3 Å². The number of aromatic amines is 1. The summed E-state index contributed by atoms with van der Waals surface area (Å²) < 4.78 is 0. The molecule has 0 fully saturated rings. The Bertz CT molecular complexity index is 683. The fraction of sp³-hybridized carbons (Fsp3) is 0.133. The molecule has 1 aliphatic heterocycles. The molecule has 4 nitrogen and oxygen atoms in total. The van der Waals surface area contributed by atoms with Gasteiger partial charge in [0.25, 0.3) is 5.91 Å². The van der Waals surface area contributed by atoms with Crippen molar-refractivity contribution in [2.75, 3.05) is 5.32 Å². The number of rotatable bonds is 2. The number of para-hydroxylation sites is 1. The second-order valence-corrected chi connectivity index (χ2v) is 4.61. The molecule has 0 saturated heterocycles. The highest BCUT2D eigenvalue weighted by molar-refractivity contribution is 6.34. The van der Waals surface area contributed by atoms with Crippen molar-refractivity contribution in [3.63, 3.8) is 0 Å². The quantitative estimate of drug-likeness (QED) is 0.720. The predicted octanol–water partition coefficient (Wildman–Crippen LogP) is 2.31. The highest BCUT2D eigenvalue weighted by Crippen LogP contribution is 2.32. The molecule has 3 rings (SSSR count). The number of H-pyrrole nitrogens is 1. The molecule has 0 bridgehead atoms. The van der Waals surface area contributed by atoms with Crippen molar-refractivity contribution in [3.8, 4) is 0 Å². The lowest BCUT2D eigenvalue weighted by Crippen LogP contribution is -2.03. The van der Waals surface area contributed by atoms with Crippen LogP contribution in [-0.4, -0.2) is 16.0 Å². The number of aryl methyl sites for hydroxylation is 1. The van der Waals surface area contributed by atoms with E-state index in [-0.39, 0.29) is 12.5 Å². The zero-order valence-corrected chi connectivity index (χ0v) is 10.5. The third-order valence-electron chi connectivity index (χ3n) is 3.28. The van der Waals surface area contributed by atoms with Crippen molar-refractivity contribution in [3.05, 3.63) is 52.8 Å². The van der Waals surface area contributed by atoms with E-state index in [0.29, 0.717) is 5.57 Å². The first-order valence-corrected chi connectivity index (χ1v) is 6.11. The van der Waals surface area contributed by atoms with Crippen molar-refractivity contribution >= 4 is 23.2 Å². The van der Waals surface area contributed by atoms with Crippen molar-refractivity contribution in [1.82, 2.24) is 4.98 Å². The van der Waals surface area contributed by atoms with Gasteiger partial charge in [0, 0.05) is 22.6 Å². The average molecular weight is 254 g/mol. The van der Waals surface area contributed by atoms with Crippen LogP contribution in [0.5, 0.6) is 0 Å². The van der Waals surface area contributed by atoms with E-state index >= 15 is 0 Å². The van der Waals surface area contributed by atoms with Gasteiger partial charge in [0.15, 0.2) is 0 Å². The molecule has 19 heavy (non-hydrogen) atoms. The van der Waals surface area contributed by atoms with Crippen LogP contribution in [0.2, 0.25) is 0 Å². The fourth-order valence-corrected chi connectivity index (χ4v) is 2.31. The standard InChI is InChI=1S/C15H14N2O2/c1-9-6-10(8-18)16-14(9)7-12-11-4-2-3-5-13(11)17-15(12)19/h2-7,16,18H,8H2,1H3,(H,17,19)/b12-7-. The monoisotopic (exact) mass is 254 g/mol. The molecule has 0 atom stereocenters. The first kappa shape index (κ1) is 11.7. The minimum Gasteiger partial charge on any atom is -0.390 e. The molecule has 0 saturated carbocycles. The van der Waals surface area contributed by atoms with Gasteiger partial charge >= 0.3 is 0 Å². The first-order chi connectivity index (χ1) is 9.19. The topological polar surface area (TPSA) is 65.1 Å². The smallest absolute Gasteiger partial charge is 0.256 e. The summed E-state index contributed by atoms with van der Waals surface area (Å²) in [5, 5.41) is 12.0. The van der Waals surface area contributed by atoms with Gasteiger partial charge < -0.3 is 15.4 Å². The Kier molecular flexibility index (Phi) is 2.72. The molecule has 0 spiro atoms. The Balaban J connectivity index is 2.08. The van der Waals surface area contributed by atoms with Gasteiger partial charge in [0.2, 0.25) is 0 Å². The molecule has 1 aliphatic rings. The van der Waals surface area contributed by atoms with Crippen LogP contribution in [0.4, 0.5) is 5.69 Å². The van der Waals surface area contributed by atoms with Gasteiger partial charge in [-0.15, -0.1) is 0 Å². The second kappa shape index (κ2) is 4.40. The Labute approximate surface area is 110 Å². The number of aliphatic hydroxyl groups is 1. The van der Waals surface area contributed by atoms with Crippen molar-refractivity contribution < 1.29 is 9.90 Å². The molecule has 96 valence electrons. The van der Waals surface area contributed by atoms with E-state index in [1.54, 1.807) is 0 Å². The third kappa shape index (κ3) is 1.96. The van der Waals surface area contributed by atoms with E-state index in [4.69, 9.17) is 5.11 Å². The molecule has 2 aromatic rings. The van der Waals surface area contributed by atoms with Gasteiger partial charge in [-0.3, -0.25) is 4.79 Å². The van der Waals surface area contributed by atoms with Crippen LogP contribution in [0.3, 0.4) is 0 Å². The van der Waals surface area contributed by atoms with E-state index < -0.39 is 0 Å². The van der Waals surface area contributed by atoms with E-state index in [2.05, 4.69) is 10.3 Å². The molecule has 0 aliphatic carbocycles. The Morgan fingerprint density at radius 1 is 1.32 bits per heavy atom. The number of fused-ring (bicyclic) bond motifs is 1. The first-order valence-electron chi connectivity index (χ1n) is 6.11. The van der Waals surface area contributed by atoms with E-state index in [9.17, 15) is 4.79 Å². The molecule has 0 radical (unpaired) electrons. The Morgan fingerprint density at radius 2 is 2.11 bits per heavy atom. The summed E-state index contributed by atoms with van der Waals surface area (Å²) in [6.07, 6.45) is 1.83. The number of hydrogen-bond acceptors (Lipinski definition) is 2. The lowest BCUT2D eigenvalue weighted by Gasteiger charge is -1.97. The van der Waals surface area contributed by atoms with Crippen LogP contribution in [0.1, 0.15) is 22.5 Å². The maximum atomic E-state index is 12.0. The van der Waals surface area contributed by atoms with Crippen molar-refractivity contribution in [1.29, 1.82) is 0 Å². The van der Waals surface area contributed by atoms with Crippen LogP contribution in [0.15, 0.2) is 30.3 Å². The molecule has 3 N–H and O–H groups in total. The zero-order valence-electron chi connectivity index (χ0n) is 10.5. The summed E-state index contributed by atoms with van der Waals surface area (Å²) in [5.74, 6) is -0.0965. The zero-order chi connectivity index (χ0) is 13.4. The summed E-state index contributed by atoms with van der Waals surface area (Å²) in [6.45, 7) is 1.91. The number of aromatic nitrogens is 1. The second-order valence-electron chi connectivity index (χ2n) is 4.61. The average Bonchev–Trinajstić information content (AvgIpc) is 2.92. The SMILES string of the molecule is Cc1cc(CO)[nH]c1/C=C1\C(=O)Nc2ccccc21. The number of aliphatic hydroxyl groups excluding tert-OH is 1. The number of amides is 1. The van der Waals surface area contributed by atoms with Gasteiger partial charge in [0.05, 0.1) is 12.2 Å². The third-order valence-corrected chi connectivity index (χ3v) is 3.28. The van der Waals surface area contributed by atoms with Gasteiger partial charge in [-0.25, -0.2) is 0 Å². The van der Waals surface area contributed by atoms with Crippen LogP contribution >= 0.6 is 0 Å². The summed E-state index contributed by atoms with van der Waals surface area (Å²) in [4.78, 5) is 15.1. The van der Waals surface area contributed by atoms with Crippen molar-refractivity contribution in [2.45, 2.75) is 13.5 Å². The molecular formula is C15H14N2O2. The van der Waals surface area contributed by atoms with Crippen LogP contribution in [-0.2, 0) is 11.4 Å². The lowest BCUT2D eigenvalue weighted by atomic mass is 10.1. The minimum atomic E-state index is -0.0965. The molecule has 0 unspecified atom stereocenters. The highest BCUT2D eigenvalue weighted by Gasteiger charge is 2.23. The number of carbonyl (C=O) groups excluding carboxylic acids is 1. The number of benzene rings is 1. The summed E-state index contributed by atoms with van der Waals surface area (Å²) in [7, 11) is 0. The van der Waals surface area contributed by atoms with Gasteiger partial charge in [-0.2, -0.15) is 0 Å². The molecule has 1 aromatic carbocycles. The van der Waals surface area contributed by atoms with E-state index in [0.717, 1.165) is 28.2 Å². The van der Waals surface area contributed by atoms with Gasteiger partial charge in [0.1, 0.15) is 0 Å². The molecular weight excluding hydrogens is 240 g/mol. The fourth-order valence-electron chi connectivity index (χ4n) is 2.31. The maximum absolute atomic E-state index is 12.0. The number of carbonyl (C=O) groups is 1. The lowest BCUT2D eigenvalue weighted by molar-refractivity contribution is -0.110. The molecule has 1 amide bonds. The van der Waals surface area contributed by atoms with Crippen LogP contribution < -0.4 is 5.32 Å². The van der Waals surface area contributed by atoms with Crippen LogP contribution in [0, 0.1) is 6.92 Å². The minimum absolute atomic E-state index is 0.0349. The predicted molar refractivity (Wildman–Crippen MR) is 74.4 cm³/mol. The highest BCUT2D eigenvalue weighted by atomic mass is 16.3. The number of hydrogen-bond donors (Lipinski definition) is 3. The number of nitrogens with one attached hydrogen (secondary N) is 2. The van der Waals surface area contributed by atoms with Crippen LogP contribution in [0.25, 0.3) is 11.6 Å². The largest absolute Gasteiger partial charge is 0.390 e. The van der Waals surface area contributed by atoms with Gasteiger partial charge in [-0.1, -0.05) is 18.2 Å². The summed E-state index contributed by atoms with van der Waals surface area (Å²) in [5.41, 5.74) is 5.00. The van der Waals surface area contributed by atoms with E-state index in [1.165, 1.54) is 0 Å². The maximum Gasteiger partial charge on any atom is 0.256 e. The Hall–Kier alpha value is -2.33. The van der Waals surface area contributed by atoms with Gasteiger partial charge in [-0.05, 0) is 30.7 Å².